The normalized spacial score (nSPS) is 14.8. The van der Waals surface area contributed by atoms with Gasteiger partial charge < -0.3 is 10.1 Å². The zero-order chi connectivity index (χ0) is 18.5. The molecular formula is C20H20N2O4. The fourth-order valence-corrected chi connectivity index (χ4v) is 2.89. The third-order valence-electron chi connectivity index (χ3n) is 4.39. The molecule has 1 fully saturated rings. The minimum Gasteiger partial charge on any atom is -0.466 e. The number of carbonyl (C=O) groups is 1. The summed E-state index contributed by atoms with van der Waals surface area (Å²) < 4.78 is 4.54. The van der Waals surface area contributed by atoms with Gasteiger partial charge in [0.2, 0.25) is 0 Å². The number of hydrogen-bond acceptors (Lipinski definition) is 5. The molecule has 0 unspecified atom stereocenters. The maximum absolute atomic E-state index is 11.5. The molecule has 0 spiro atoms. The van der Waals surface area contributed by atoms with Gasteiger partial charge in [0.25, 0.3) is 5.69 Å². The Morgan fingerprint density at radius 2 is 2.00 bits per heavy atom. The van der Waals surface area contributed by atoms with Crippen LogP contribution in [0, 0.1) is 16.0 Å². The highest BCUT2D eigenvalue weighted by Crippen LogP contribution is 2.44. The van der Waals surface area contributed by atoms with Crippen molar-refractivity contribution in [1.29, 1.82) is 0 Å². The second-order valence-corrected chi connectivity index (χ2v) is 6.26. The summed E-state index contributed by atoms with van der Waals surface area (Å²) in [6.45, 7) is 0. The predicted molar refractivity (Wildman–Crippen MR) is 99.7 cm³/mol. The molecule has 1 N–H and O–H groups in total. The Labute approximate surface area is 151 Å². The van der Waals surface area contributed by atoms with Crippen LogP contribution >= 0.6 is 0 Å². The monoisotopic (exact) mass is 352 g/mol. The van der Waals surface area contributed by atoms with Gasteiger partial charge in [0.1, 0.15) is 5.69 Å². The lowest BCUT2D eigenvalue weighted by Crippen LogP contribution is -2.14. The van der Waals surface area contributed by atoms with Crippen LogP contribution in [0.25, 0.3) is 6.08 Å². The number of nitro benzene ring substituents is 1. The number of benzene rings is 2. The van der Waals surface area contributed by atoms with Crippen molar-refractivity contribution in [3.8, 4) is 0 Å². The molecule has 6 heteroatoms. The fourth-order valence-electron chi connectivity index (χ4n) is 2.89. The number of nitrogens with one attached hydrogen (secondary N) is 1. The highest BCUT2D eigenvalue weighted by molar-refractivity contribution is 5.87. The Bertz CT molecular complexity index is 829. The van der Waals surface area contributed by atoms with Crippen LogP contribution in [-0.4, -0.2) is 18.0 Å². The fraction of sp³-hybridized carbons (Fsp3) is 0.250. The van der Waals surface area contributed by atoms with E-state index in [2.05, 4.69) is 10.1 Å². The Hall–Kier alpha value is -3.15. The van der Waals surface area contributed by atoms with Gasteiger partial charge in [-0.15, -0.1) is 0 Å². The van der Waals surface area contributed by atoms with Crippen LogP contribution in [0.4, 0.5) is 11.4 Å². The van der Waals surface area contributed by atoms with Crippen molar-refractivity contribution in [3.05, 3.63) is 75.8 Å². The number of nitrogens with zero attached hydrogens (tertiary/aromatic N) is 1. The molecular weight excluding hydrogens is 332 g/mol. The Balaban J connectivity index is 1.87. The van der Waals surface area contributed by atoms with Crippen molar-refractivity contribution in [2.75, 3.05) is 12.4 Å². The highest BCUT2D eigenvalue weighted by Gasteiger charge is 2.33. The molecule has 0 radical (unpaired) electrons. The lowest BCUT2D eigenvalue weighted by Gasteiger charge is -2.20. The second kappa shape index (κ2) is 7.82. The van der Waals surface area contributed by atoms with Crippen LogP contribution in [0.15, 0.2) is 54.6 Å². The number of rotatable bonds is 7. The third kappa shape index (κ3) is 4.27. The molecule has 1 aliphatic carbocycles. The smallest absolute Gasteiger partial charge is 0.330 e. The van der Waals surface area contributed by atoms with Crippen molar-refractivity contribution in [3.63, 3.8) is 0 Å². The average molecular weight is 352 g/mol. The predicted octanol–water partition coefficient (Wildman–Crippen LogP) is 4.34. The molecule has 1 saturated carbocycles. The Morgan fingerprint density at radius 3 is 2.62 bits per heavy atom. The van der Waals surface area contributed by atoms with Crippen molar-refractivity contribution in [2.24, 2.45) is 5.92 Å². The molecule has 2 aromatic rings. The van der Waals surface area contributed by atoms with E-state index >= 15 is 0 Å². The summed E-state index contributed by atoms with van der Waals surface area (Å²) in [6.07, 6.45) is 4.96. The molecule has 1 aliphatic rings. The zero-order valence-electron chi connectivity index (χ0n) is 14.4. The SMILES string of the molecule is COC(=O)/C=C/c1ccc(N[C@@H](c2ccccc2)C2CC2)c([N+](=O)[O-])c1. The summed E-state index contributed by atoms with van der Waals surface area (Å²) >= 11 is 0. The molecule has 0 heterocycles. The van der Waals surface area contributed by atoms with E-state index in [-0.39, 0.29) is 11.7 Å². The maximum Gasteiger partial charge on any atom is 0.330 e. The van der Waals surface area contributed by atoms with Gasteiger partial charge in [-0.3, -0.25) is 10.1 Å². The van der Waals surface area contributed by atoms with Crippen molar-refractivity contribution >= 4 is 23.4 Å². The van der Waals surface area contributed by atoms with Crippen LogP contribution in [0.2, 0.25) is 0 Å². The number of carbonyl (C=O) groups excluding carboxylic acids is 1. The quantitative estimate of drug-likeness (QED) is 0.347. The molecule has 0 amide bonds. The number of anilines is 1. The maximum atomic E-state index is 11.5. The largest absolute Gasteiger partial charge is 0.466 e. The first-order valence-electron chi connectivity index (χ1n) is 8.44. The van der Waals surface area contributed by atoms with Gasteiger partial charge in [-0.05, 0) is 42.0 Å². The standard InChI is InChI=1S/C20H20N2O4/c1-26-19(23)12-8-14-7-11-17(18(13-14)22(24)25)21-20(16-9-10-16)15-5-3-2-4-6-15/h2-8,11-13,16,20-21H,9-10H2,1H3/b12-8+/t20-/m0/s1. The van der Waals surface area contributed by atoms with E-state index in [0.29, 0.717) is 17.2 Å². The van der Waals surface area contributed by atoms with E-state index in [1.807, 2.05) is 30.3 Å². The van der Waals surface area contributed by atoms with E-state index in [1.54, 1.807) is 12.1 Å². The molecule has 134 valence electrons. The number of nitro groups is 1. The van der Waals surface area contributed by atoms with Gasteiger partial charge in [0.05, 0.1) is 18.1 Å². The molecule has 0 saturated heterocycles. The van der Waals surface area contributed by atoms with Gasteiger partial charge in [0, 0.05) is 12.1 Å². The second-order valence-electron chi connectivity index (χ2n) is 6.26. The summed E-state index contributed by atoms with van der Waals surface area (Å²) in [4.78, 5) is 22.3. The summed E-state index contributed by atoms with van der Waals surface area (Å²) in [5.41, 5.74) is 2.15. The van der Waals surface area contributed by atoms with Crippen molar-refractivity contribution in [2.45, 2.75) is 18.9 Å². The number of ether oxygens (including phenoxy) is 1. The zero-order valence-corrected chi connectivity index (χ0v) is 14.4. The van der Waals surface area contributed by atoms with Crippen LogP contribution in [0.5, 0.6) is 0 Å². The molecule has 26 heavy (non-hydrogen) atoms. The van der Waals surface area contributed by atoms with Crippen LogP contribution < -0.4 is 5.32 Å². The Morgan fingerprint density at radius 1 is 1.27 bits per heavy atom. The van der Waals surface area contributed by atoms with Gasteiger partial charge in [-0.1, -0.05) is 36.4 Å². The van der Waals surface area contributed by atoms with Crippen LogP contribution in [0.1, 0.15) is 30.0 Å². The molecule has 6 nitrogen and oxygen atoms in total. The van der Waals surface area contributed by atoms with E-state index in [0.717, 1.165) is 18.4 Å². The van der Waals surface area contributed by atoms with E-state index < -0.39 is 10.9 Å². The van der Waals surface area contributed by atoms with Crippen molar-refractivity contribution < 1.29 is 14.5 Å². The van der Waals surface area contributed by atoms with E-state index in [9.17, 15) is 14.9 Å². The average Bonchev–Trinajstić information content (AvgIpc) is 3.50. The highest BCUT2D eigenvalue weighted by atomic mass is 16.6. The molecule has 0 bridgehead atoms. The van der Waals surface area contributed by atoms with Gasteiger partial charge in [-0.25, -0.2) is 4.79 Å². The number of methoxy groups -OCH3 is 1. The molecule has 3 rings (SSSR count). The van der Waals surface area contributed by atoms with Gasteiger partial charge in [0.15, 0.2) is 0 Å². The number of esters is 1. The topological polar surface area (TPSA) is 81.5 Å². The molecule has 1 atom stereocenters. The minimum atomic E-state index is -0.507. The van der Waals surface area contributed by atoms with Crippen LogP contribution in [-0.2, 0) is 9.53 Å². The first-order valence-corrected chi connectivity index (χ1v) is 8.44. The third-order valence-corrected chi connectivity index (χ3v) is 4.39. The summed E-state index contributed by atoms with van der Waals surface area (Å²) in [7, 11) is 1.28. The Kier molecular flexibility index (Phi) is 5.31. The lowest BCUT2D eigenvalue weighted by molar-refractivity contribution is -0.384. The van der Waals surface area contributed by atoms with Crippen LogP contribution in [0.3, 0.4) is 0 Å². The minimum absolute atomic E-state index is 0.0152. The summed E-state index contributed by atoms with van der Waals surface area (Å²) in [6, 6.07) is 14.9. The first kappa shape index (κ1) is 17.7. The van der Waals surface area contributed by atoms with E-state index in [1.165, 1.54) is 25.3 Å². The number of hydrogen-bond donors (Lipinski definition) is 1. The van der Waals surface area contributed by atoms with Gasteiger partial charge in [-0.2, -0.15) is 0 Å². The first-order chi connectivity index (χ1) is 12.6. The molecule has 2 aromatic carbocycles. The van der Waals surface area contributed by atoms with Crippen molar-refractivity contribution in [1.82, 2.24) is 0 Å². The van der Waals surface area contributed by atoms with E-state index in [4.69, 9.17) is 0 Å². The molecule has 0 aliphatic heterocycles. The summed E-state index contributed by atoms with van der Waals surface area (Å²) in [5, 5.41) is 14.9. The van der Waals surface area contributed by atoms with Gasteiger partial charge >= 0.3 is 5.97 Å². The lowest BCUT2D eigenvalue weighted by atomic mass is 10.0. The molecule has 0 aromatic heterocycles. The summed E-state index contributed by atoms with van der Waals surface area (Å²) in [5.74, 6) is -0.0244.